The van der Waals surface area contributed by atoms with Gasteiger partial charge in [-0.25, -0.2) is 0 Å². The van der Waals surface area contributed by atoms with Crippen LogP contribution in [-0.2, 0) is 4.79 Å². The Morgan fingerprint density at radius 2 is 1.80 bits per heavy atom. The Balaban J connectivity index is 1.90. The summed E-state index contributed by atoms with van der Waals surface area (Å²) in [6, 6.07) is 9.93. The van der Waals surface area contributed by atoms with E-state index in [9.17, 15) is 9.59 Å². The number of rotatable bonds is 4. The molecule has 1 aliphatic heterocycles. The number of benzene rings is 2. The first-order valence-electron chi connectivity index (χ1n) is 7.50. The highest BCUT2D eigenvalue weighted by Crippen LogP contribution is 2.35. The summed E-state index contributed by atoms with van der Waals surface area (Å²) in [5.41, 5.74) is 1.15. The maximum Gasteiger partial charge on any atom is 0.308 e. The molecule has 0 fully saturated rings. The van der Waals surface area contributed by atoms with E-state index in [1.807, 2.05) is 0 Å². The number of esters is 1. The van der Waals surface area contributed by atoms with Crippen LogP contribution >= 0.6 is 0 Å². The fourth-order valence-corrected chi connectivity index (χ4v) is 2.49. The lowest BCUT2D eigenvalue weighted by Crippen LogP contribution is -2.01. The number of allylic oxidation sites excluding steroid dienone is 1. The Hall–Kier alpha value is -3.28. The summed E-state index contributed by atoms with van der Waals surface area (Å²) >= 11 is 0. The molecule has 128 valence electrons. The van der Waals surface area contributed by atoms with Gasteiger partial charge in [-0.05, 0) is 35.9 Å². The molecule has 0 bridgehead atoms. The van der Waals surface area contributed by atoms with Crippen molar-refractivity contribution in [1.29, 1.82) is 0 Å². The number of hydrogen-bond donors (Lipinski definition) is 0. The fourth-order valence-electron chi connectivity index (χ4n) is 2.49. The van der Waals surface area contributed by atoms with Crippen molar-refractivity contribution in [3.8, 4) is 23.0 Å². The van der Waals surface area contributed by atoms with Gasteiger partial charge < -0.3 is 18.9 Å². The third kappa shape index (κ3) is 3.33. The molecule has 0 aromatic heterocycles. The Bertz CT molecular complexity index is 881. The topological polar surface area (TPSA) is 71.1 Å². The zero-order chi connectivity index (χ0) is 18.0. The molecule has 0 saturated heterocycles. The Kier molecular flexibility index (Phi) is 4.43. The molecule has 6 heteroatoms. The van der Waals surface area contributed by atoms with Gasteiger partial charge >= 0.3 is 5.97 Å². The lowest BCUT2D eigenvalue weighted by Gasteiger charge is -2.08. The van der Waals surface area contributed by atoms with Crippen LogP contribution < -0.4 is 18.9 Å². The molecule has 6 nitrogen and oxygen atoms in total. The zero-order valence-corrected chi connectivity index (χ0v) is 14.0. The van der Waals surface area contributed by atoms with Gasteiger partial charge in [0.25, 0.3) is 0 Å². The third-order valence-corrected chi connectivity index (χ3v) is 3.61. The molecule has 0 spiro atoms. The molecule has 2 aromatic rings. The van der Waals surface area contributed by atoms with E-state index in [4.69, 9.17) is 18.9 Å². The van der Waals surface area contributed by atoms with Crippen molar-refractivity contribution in [2.24, 2.45) is 0 Å². The molecule has 0 saturated carbocycles. The normalized spacial score (nSPS) is 14.0. The zero-order valence-electron chi connectivity index (χ0n) is 14.0. The van der Waals surface area contributed by atoms with Crippen LogP contribution in [0, 0.1) is 0 Å². The average Bonchev–Trinajstić information content (AvgIpc) is 2.89. The number of carbonyl (C=O) groups is 2. The summed E-state index contributed by atoms with van der Waals surface area (Å²) in [6.07, 6.45) is 1.62. The average molecular weight is 340 g/mol. The number of ether oxygens (including phenoxy) is 4. The minimum atomic E-state index is -0.439. The predicted octanol–water partition coefficient (Wildman–Crippen LogP) is 3.25. The maximum atomic E-state index is 12.5. The lowest BCUT2D eigenvalue weighted by atomic mass is 10.1. The smallest absolute Gasteiger partial charge is 0.308 e. The lowest BCUT2D eigenvalue weighted by molar-refractivity contribution is -0.131. The molecule has 25 heavy (non-hydrogen) atoms. The molecule has 0 atom stereocenters. The van der Waals surface area contributed by atoms with Crippen LogP contribution in [0.3, 0.4) is 0 Å². The molecule has 0 N–H and O–H groups in total. The van der Waals surface area contributed by atoms with Crippen molar-refractivity contribution in [3.63, 3.8) is 0 Å². The second-order valence-corrected chi connectivity index (χ2v) is 5.31. The minimum Gasteiger partial charge on any atom is -0.493 e. The minimum absolute atomic E-state index is 0.183. The highest BCUT2D eigenvalue weighted by molar-refractivity contribution is 6.14. The summed E-state index contributed by atoms with van der Waals surface area (Å²) in [7, 11) is 3.09. The summed E-state index contributed by atoms with van der Waals surface area (Å²) in [4.78, 5) is 23.5. The van der Waals surface area contributed by atoms with Crippen LogP contribution in [0.2, 0.25) is 0 Å². The molecular weight excluding hydrogens is 324 g/mol. The van der Waals surface area contributed by atoms with E-state index in [0.29, 0.717) is 28.6 Å². The van der Waals surface area contributed by atoms with Gasteiger partial charge in [-0.3, -0.25) is 9.59 Å². The molecule has 0 radical (unpaired) electrons. The number of fused-ring (bicyclic) bond motifs is 1. The number of ketones is 1. The maximum absolute atomic E-state index is 12.5. The monoisotopic (exact) mass is 340 g/mol. The van der Waals surface area contributed by atoms with Gasteiger partial charge in [-0.15, -0.1) is 0 Å². The molecule has 3 rings (SSSR count). The van der Waals surface area contributed by atoms with Gasteiger partial charge in [-0.2, -0.15) is 0 Å². The van der Waals surface area contributed by atoms with Gasteiger partial charge in [0.05, 0.1) is 19.8 Å². The van der Waals surface area contributed by atoms with Crippen LogP contribution in [0.15, 0.2) is 42.2 Å². The van der Waals surface area contributed by atoms with Crippen LogP contribution in [0.5, 0.6) is 23.0 Å². The van der Waals surface area contributed by atoms with Crippen LogP contribution in [0.1, 0.15) is 22.8 Å². The van der Waals surface area contributed by atoms with Gasteiger partial charge in [0, 0.05) is 13.0 Å². The Labute approximate surface area is 144 Å². The third-order valence-electron chi connectivity index (χ3n) is 3.61. The van der Waals surface area contributed by atoms with Crippen molar-refractivity contribution in [3.05, 3.63) is 53.3 Å². The highest BCUT2D eigenvalue weighted by Gasteiger charge is 2.28. The quantitative estimate of drug-likeness (QED) is 0.483. The molecule has 2 aromatic carbocycles. The number of carbonyl (C=O) groups excluding carboxylic acids is 2. The first-order chi connectivity index (χ1) is 12.0. The van der Waals surface area contributed by atoms with E-state index in [0.717, 1.165) is 5.56 Å². The van der Waals surface area contributed by atoms with E-state index in [1.54, 1.807) is 50.6 Å². The summed E-state index contributed by atoms with van der Waals surface area (Å²) < 4.78 is 21.1. The molecular formula is C19H16O6. The molecule has 1 heterocycles. The van der Waals surface area contributed by atoms with Crippen molar-refractivity contribution < 1.29 is 28.5 Å². The van der Waals surface area contributed by atoms with Crippen LogP contribution in [-0.4, -0.2) is 26.0 Å². The van der Waals surface area contributed by atoms with Crippen molar-refractivity contribution in [1.82, 2.24) is 0 Å². The predicted molar refractivity (Wildman–Crippen MR) is 90.2 cm³/mol. The van der Waals surface area contributed by atoms with Crippen LogP contribution in [0.25, 0.3) is 6.08 Å². The van der Waals surface area contributed by atoms with E-state index in [-0.39, 0.29) is 11.5 Å². The number of hydrogen-bond acceptors (Lipinski definition) is 6. The number of Topliss-reactive ketones (excluding diaryl/α,β-unsaturated/α-hetero) is 1. The van der Waals surface area contributed by atoms with Gasteiger partial charge in [0.1, 0.15) is 11.5 Å². The first kappa shape index (κ1) is 16.6. The summed E-state index contributed by atoms with van der Waals surface area (Å²) in [5, 5.41) is 0. The molecule has 0 unspecified atom stereocenters. The largest absolute Gasteiger partial charge is 0.493 e. The highest BCUT2D eigenvalue weighted by atomic mass is 16.5. The van der Waals surface area contributed by atoms with Crippen molar-refractivity contribution >= 4 is 17.8 Å². The molecule has 0 amide bonds. The SMILES string of the molecule is COc1ccc(/C=C2\Oc3cc(OC(C)=O)ccc3C2=O)cc1OC. The van der Waals surface area contributed by atoms with E-state index >= 15 is 0 Å². The standard InChI is InChI=1S/C19H16O6/c1-11(20)24-13-5-6-14-16(10-13)25-18(19(14)21)9-12-4-7-15(22-2)17(8-12)23-3/h4-10H,1-3H3/b18-9-. The first-order valence-corrected chi connectivity index (χ1v) is 7.50. The Morgan fingerprint density at radius 1 is 1.04 bits per heavy atom. The van der Waals surface area contributed by atoms with Crippen LogP contribution in [0.4, 0.5) is 0 Å². The second kappa shape index (κ2) is 6.68. The van der Waals surface area contributed by atoms with Gasteiger partial charge in [0.2, 0.25) is 5.78 Å². The van der Waals surface area contributed by atoms with Gasteiger partial charge in [-0.1, -0.05) is 6.07 Å². The van der Waals surface area contributed by atoms with E-state index in [2.05, 4.69) is 0 Å². The summed E-state index contributed by atoms with van der Waals surface area (Å²) in [6.45, 7) is 1.31. The van der Waals surface area contributed by atoms with Crippen molar-refractivity contribution in [2.75, 3.05) is 14.2 Å². The van der Waals surface area contributed by atoms with E-state index < -0.39 is 5.97 Å². The molecule has 0 aliphatic carbocycles. The molecule has 1 aliphatic rings. The second-order valence-electron chi connectivity index (χ2n) is 5.31. The van der Waals surface area contributed by atoms with Gasteiger partial charge in [0.15, 0.2) is 17.3 Å². The fraction of sp³-hybridized carbons (Fsp3) is 0.158. The Morgan fingerprint density at radius 3 is 2.48 bits per heavy atom. The summed E-state index contributed by atoms with van der Waals surface area (Å²) in [5.74, 6) is 1.34. The van der Waals surface area contributed by atoms with Crippen molar-refractivity contribution in [2.45, 2.75) is 6.92 Å². The number of methoxy groups -OCH3 is 2. The van der Waals surface area contributed by atoms with E-state index in [1.165, 1.54) is 13.0 Å².